The number of nitrogens with two attached hydrogens (primary N) is 1. The molecule has 1 amide bonds. The molecule has 0 rings (SSSR count). The van der Waals surface area contributed by atoms with E-state index in [9.17, 15) is 4.79 Å². The highest BCUT2D eigenvalue weighted by atomic mass is 16.6. The van der Waals surface area contributed by atoms with Crippen molar-refractivity contribution in [3.63, 3.8) is 0 Å². The second kappa shape index (κ2) is 4.67. The van der Waals surface area contributed by atoms with Crippen LogP contribution in [0.5, 0.6) is 0 Å². The molecule has 84 valence electrons. The summed E-state index contributed by atoms with van der Waals surface area (Å²) in [4.78, 5) is 10.7. The number of hydrogen-bond acceptors (Lipinski definition) is 2. The Hall–Kier alpha value is -0.730. The molecule has 2 N–H and O–H groups in total. The Bertz CT molecular complexity index is 201. The van der Waals surface area contributed by atoms with E-state index in [1.165, 1.54) is 0 Å². The molecule has 1 unspecified atom stereocenters. The molecule has 0 aromatic heterocycles. The lowest BCUT2D eigenvalue weighted by Crippen LogP contribution is -2.37. The van der Waals surface area contributed by atoms with Gasteiger partial charge in [-0.25, -0.2) is 4.79 Å². The van der Waals surface area contributed by atoms with Crippen molar-refractivity contribution in [1.29, 1.82) is 0 Å². The summed E-state index contributed by atoms with van der Waals surface area (Å²) in [5.41, 5.74) is 4.81. The number of primary amides is 1. The van der Waals surface area contributed by atoms with Crippen LogP contribution in [0.4, 0.5) is 4.79 Å². The third kappa shape index (κ3) is 4.49. The van der Waals surface area contributed by atoms with Crippen molar-refractivity contribution in [3.05, 3.63) is 0 Å². The van der Waals surface area contributed by atoms with Gasteiger partial charge in [-0.05, 0) is 25.2 Å². The fourth-order valence-corrected chi connectivity index (χ4v) is 1.61. The average Bonchev–Trinajstić information content (AvgIpc) is 2.02. The molecule has 0 radical (unpaired) electrons. The molecule has 0 saturated carbocycles. The lowest BCUT2D eigenvalue weighted by atomic mass is 9.78. The van der Waals surface area contributed by atoms with Crippen molar-refractivity contribution in [3.8, 4) is 0 Å². The topological polar surface area (TPSA) is 52.3 Å². The number of hydrogen-bond donors (Lipinski definition) is 1. The Kier molecular flexibility index (Phi) is 4.43. The Morgan fingerprint density at radius 1 is 1.21 bits per heavy atom. The maximum absolute atomic E-state index is 10.7. The predicted octanol–water partition coefficient (Wildman–Crippen LogP) is 3.08. The number of ether oxygens (including phenoxy) is 1. The molecule has 3 heteroatoms. The van der Waals surface area contributed by atoms with Crippen LogP contribution in [0.2, 0.25) is 0 Å². The first-order valence-corrected chi connectivity index (χ1v) is 5.23. The molecular formula is C11H23NO2. The van der Waals surface area contributed by atoms with E-state index in [4.69, 9.17) is 10.5 Å². The van der Waals surface area contributed by atoms with Crippen LogP contribution in [-0.4, -0.2) is 11.7 Å². The molecule has 0 heterocycles. The van der Waals surface area contributed by atoms with Crippen LogP contribution in [0, 0.1) is 5.41 Å². The van der Waals surface area contributed by atoms with Crippen molar-refractivity contribution in [2.75, 3.05) is 0 Å². The molecule has 0 aliphatic heterocycles. The summed E-state index contributed by atoms with van der Waals surface area (Å²) in [7, 11) is 0. The molecule has 14 heavy (non-hydrogen) atoms. The largest absolute Gasteiger partial charge is 0.443 e. The van der Waals surface area contributed by atoms with Crippen LogP contribution in [0.3, 0.4) is 0 Å². The smallest absolute Gasteiger partial charge is 0.405 e. The summed E-state index contributed by atoms with van der Waals surface area (Å²) in [5.74, 6) is 0. The molecule has 0 saturated heterocycles. The quantitative estimate of drug-likeness (QED) is 0.743. The van der Waals surface area contributed by atoms with Crippen LogP contribution in [0.25, 0.3) is 0 Å². The van der Waals surface area contributed by atoms with Crippen molar-refractivity contribution < 1.29 is 9.53 Å². The van der Waals surface area contributed by atoms with E-state index in [0.29, 0.717) is 0 Å². The highest BCUT2D eigenvalue weighted by Gasteiger charge is 2.32. The molecule has 0 aliphatic carbocycles. The van der Waals surface area contributed by atoms with Gasteiger partial charge in [-0.1, -0.05) is 34.1 Å². The van der Waals surface area contributed by atoms with E-state index in [-0.39, 0.29) is 5.41 Å². The van der Waals surface area contributed by atoms with Gasteiger partial charge in [0.1, 0.15) is 5.60 Å². The number of amides is 1. The molecule has 0 bridgehead atoms. The first-order chi connectivity index (χ1) is 6.24. The third-order valence-electron chi connectivity index (χ3n) is 2.90. The summed E-state index contributed by atoms with van der Waals surface area (Å²) < 4.78 is 5.16. The predicted molar refractivity (Wildman–Crippen MR) is 58.1 cm³/mol. The Morgan fingerprint density at radius 3 is 2.00 bits per heavy atom. The van der Waals surface area contributed by atoms with Crippen molar-refractivity contribution in [1.82, 2.24) is 0 Å². The summed E-state index contributed by atoms with van der Waals surface area (Å²) in [6.45, 7) is 10.4. The highest BCUT2D eigenvalue weighted by Crippen LogP contribution is 2.34. The monoisotopic (exact) mass is 201 g/mol. The minimum Gasteiger partial charge on any atom is -0.443 e. The maximum atomic E-state index is 10.7. The summed E-state index contributed by atoms with van der Waals surface area (Å²) >= 11 is 0. The summed E-state index contributed by atoms with van der Waals surface area (Å²) in [6, 6.07) is 0. The minimum absolute atomic E-state index is 0.181. The first-order valence-electron chi connectivity index (χ1n) is 5.23. The van der Waals surface area contributed by atoms with E-state index < -0.39 is 11.7 Å². The van der Waals surface area contributed by atoms with Crippen LogP contribution in [0.15, 0.2) is 0 Å². The fraction of sp³-hybridized carbons (Fsp3) is 0.909. The van der Waals surface area contributed by atoms with Crippen LogP contribution < -0.4 is 5.73 Å². The van der Waals surface area contributed by atoms with E-state index >= 15 is 0 Å². The third-order valence-corrected chi connectivity index (χ3v) is 2.90. The lowest BCUT2D eigenvalue weighted by molar-refractivity contribution is -0.00603. The van der Waals surface area contributed by atoms with Gasteiger partial charge in [-0.3, -0.25) is 0 Å². The van der Waals surface area contributed by atoms with E-state index in [2.05, 4.69) is 20.8 Å². The zero-order valence-electron chi connectivity index (χ0n) is 10.0. The average molecular weight is 201 g/mol. The Balaban J connectivity index is 4.46. The normalized spacial score (nSPS) is 16.1. The summed E-state index contributed by atoms with van der Waals surface area (Å²) in [6.07, 6.45) is 2.02. The molecule has 0 aromatic rings. The molecule has 0 spiro atoms. The van der Waals surface area contributed by atoms with Crippen LogP contribution >= 0.6 is 0 Å². The molecule has 3 nitrogen and oxygen atoms in total. The van der Waals surface area contributed by atoms with Gasteiger partial charge in [-0.15, -0.1) is 0 Å². The minimum atomic E-state index is -0.679. The van der Waals surface area contributed by atoms with Crippen molar-refractivity contribution in [2.24, 2.45) is 11.1 Å². The number of carbonyl (C=O) groups is 1. The highest BCUT2D eigenvalue weighted by molar-refractivity contribution is 5.65. The van der Waals surface area contributed by atoms with Gasteiger partial charge < -0.3 is 10.5 Å². The van der Waals surface area contributed by atoms with E-state index in [1.54, 1.807) is 0 Å². The molecule has 1 atom stereocenters. The maximum Gasteiger partial charge on any atom is 0.405 e. The van der Waals surface area contributed by atoms with Gasteiger partial charge in [-0.2, -0.15) is 0 Å². The van der Waals surface area contributed by atoms with Crippen LogP contribution in [0.1, 0.15) is 53.9 Å². The van der Waals surface area contributed by atoms with Gasteiger partial charge in [0.15, 0.2) is 0 Å². The van der Waals surface area contributed by atoms with E-state index in [0.717, 1.165) is 19.3 Å². The zero-order chi connectivity index (χ0) is 11.4. The Morgan fingerprint density at radius 2 is 1.71 bits per heavy atom. The zero-order valence-corrected chi connectivity index (χ0v) is 10.0. The van der Waals surface area contributed by atoms with Gasteiger partial charge in [0.05, 0.1) is 0 Å². The number of rotatable bonds is 5. The van der Waals surface area contributed by atoms with Crippen molar-refractivity contribution in [2.45, 2.75) is 59.5 Å². The van der Waals surface area contributed by atoms with Gasteiger partial charge in [0, 0.05) is 0 Å². The second-order valence-electron chi connectivity index (χ2n) is 4.92. The first kappa shape index (κ1) is 13.3. The molecule has 0 fully saturated rings. The second-order valence-corrected chi connectivity index (χ2v) is 4.92. The Labute approximate surface area is 87.0 Å². The lowest BCUT2D eigenvalue weighted by Gasteiger charge is -2.35. The fourth-order valence-electron chi connectivity index (χ4n) is 1.61. The van der Waals surface area contributed by atoms with E-state index in [1.807, 2.05) is 13.8 Å². The number of carbonyl (C=O) groups excluding carboxylic acids is 1. The van der Waals surface area contributed by atoms with Gasteiger partial charge in [0.2, 0.25) is 0 Å². The molecule has 0 aromatic carbocycles. The molecule has 0 aliphatic rings. The molecular weight excluding hydrogens is 178 g/mol. The standard InChI is InChI=1S/C11H23NO2/c1-6-10(3,4)8-11(5,7-2)14-9(12)13/h6-8H2,1-5H3,(H2,12,13). The SMILES string of the molecule is CCC(C)(C)CC(C)(CC)OC(N)=O. The van der Waals surface area contributed by atoms with Gasteiger partial charge in [0.25, 0.3) is 0 Å². The van der Waals surface area contributed by atoms with Crippen LogP contribution in [-0.2, 0) is 4.74 Å². The summed E-state index contributed by atoms with van der Waals surface area (Å²) in [5, 5.41) is 0. The van der Waals surface area contributed by atoms with Crippen molar-refractivity contribution >= 4 is 6.09 Å². The van der Waals surface area contributed by atoms with Gasteiger partial charge >= 0.3 is 6.09 Å².